The monoisotopic (exact) mass is 281 g/mol. The molecule has 0 saturated heterocycles. The number of carbonyl (C=O) groups excluding carboxylic acids is 1. The summed E-state index contributed by atoms with van der Waals surface area (Å²) < 4.78 is 30.5. The highest BCUT2D eigenvalue weighted by Gasteiger charge is 2.14. The zero-order chi connectivity index (χ0) is 14.3. The molecule has 0 atom stereocenters. The zero-order valence-electron chi connectivity index (χ0n) is 10.5. The minimum Gasteiger partial charge on any atom is -0.466 e. The quantitative estimate of drug-likeness (QED) is 0.631. The van der Waals surface area contributed by atoms with Gasteiger partial charge in [-0.3, -0.25) is 9.52 Å². The number of nitrogens with one attached hydrogen (secondary N) is 1. The predicted molar refractivity (Wildman–Crippen MR) is 73.0 cm³/mol. The standard InChI is InChI=1S/C13H15NO4S/c1-3-11-6-5-7-12(10-11)14-19(16,17)9-8-13(15)18-4-2/h1,5-7,10,14H,4,8-9H2,2H3. The maximum absolute atomic E-state index is 11.7. The van der Waals surface area contributed by atoms with E-state index in [0.717, 1.165) is 0 Å². The minimum atomic E-state index is -3.59. The first kappa shape index (κ1) is 15.1. The van der Waals surface area contributed by atoms with Gasteiger partial charge < -0.3 is 4.74 Å². The molecule has 19 heavy (non-hydrogen) atoms. The third kappa shape index (κ3) is 5.44. The van der Waals surface area contributed by atoms with Gasteiger partial charge in [0, 0.05) is 11.3 Å². The number of esters is 1. The Kier molecular flexibility index (Phi) is 5.39. The number of sulfonamides is 1. The highest BCUT2D eigenvalue weighted by molar-refractivity contribution is 7.92. The van der Waals surface area contributed by atoms with Crippen LogP contribution in [0.15, 0.2) is 24.3 Å². The van der Waals surface area contributed by atoms with E-state index >= 15 is 0 Å². The van der Waals surface area contributed by atoms with Gasteiger partial charge in [0.25, 0.3) is 0 Å². The van der Waals surface area contributed by atoms with Crippen LogP contribution in [0.5, 0.6) is 0 Å². The summed E-state index contributed by atoms with van der Waals surface area (Å²) in [5.41, 5.74) is 0.949. The van der Waals surface area contributed by atoms with Gasteiger partial charge in [0.2, 0.25) is 10.0 Å². The van der Waals surface area contributed by atoms with E-state index in [4.69, 9.17) is 6.42 Å². The van der Waals surface area contributed by atoms with Crippen molar-refractivity contribution in [3.63, 3.8) is 0 Å². The highest BCUT2D eigenvalue weighted by atomic mass is 32.2. The summed E-state index contributed by atoms with van der Waals surface area (Å²) in [6.45, 7) is 1.90. The Bertz CT molecular complexity index is 587. The fourth-order valence-corrected chi connectivity index (χ4v) is 2.38. The molecular formula is C13H15NO4S. The maximum atomic E-state index is 11.7. The molecule has 0 aliphatic heterocycles. The average Bonchev–Trinajstić information content (AvgIpc) is 2.37. The molecule has 6 heteroatoms. The van der Waals surface area contributed by atoms with Gasteiger partial charge in [0.05, 0.1) is 18.8 Å². The van der Waals surface area contributed by atoms with Gasteiger partial charge >= 0.3 is 5.97 Å². The number of ether oxygens (including phenoxy) is 1. The van der Waals surface area contributed by atoms with Crippen molar-refractivity contribution in [2.75, 3.05) is 17.1 Å². The van der Waals surface area contributed by atoms with Gasteiger partial charge in [-0.05, 0) is 25.1 Å². The lowest BCUT2D eigenvalue weighted by Gasteiger charge is -2.08. The van der Waals surface area contributed by atoms with E-state index in [1.807, 2.05) is 0 Å². The lowest BCUT2D eigenvalue weighted by atomic mass is 10.2. The van der Waals surface area contributed by atoms with Crippen LogP contribution in [0.25, 0.3) is 0 Å². The van der Waals surface area contributed by atoms with Gasteiger partial charge in [-0.1, -0.05) is 12.0 Å². The largest absolute Gasteiger partial charge is 0.466 e. The smallest absolute Gasteiger partial charge is 0.306 e. The van der Waals surface area contributed by atoms with E-state index in [1.54, 1.807) is 31.2 Å². The third-order valence-corrected chi connectivity index (χ3v) is 3.47. The first-order chi connectivity index (χ1) is 8.96. The number of rotatable bonds is 6. The van der Waals surface area contributed by atoms with Crippen molar-refractivity contribution in [3.8, 4) is 12.3 Å². The molecule has 0 amide bonds. The van der Waals surface area contributed by atoms with E-state index in [0.29, 0.717) is 11.3 Å². The molecular weight excluding hydrogens is 266 g/mol. The molecule has 0 aliphatic rings. The topological polar surface area (TPSA) is 72.5 Å². The van der Waals surface area contributed by atoms with Crippen LogP contribution in [-0.2, 0) is 19.6 Å². The first-order valence-corrected chi connectivity index (χ1v) is 7.35. The second kappa shape index (κ2) is 6.81. The Morgan fingerprint density at radius 1 is 1.47 bits per heavy atom. The van der Waals surface area contributed by atoms with E-state index < -0.39 is 16.0 Å². The zero-order valence-corrected chi connectivity index (χ0v) is 11.4. The van der Waals surface area contributed by atoms with Gasteiger partial charge in [-0.15, -0.1) is 6.42 Å². The van der Waals surface area contributed by atoms with Gasteiger partial charge in [-0.2, -0.15) is 0 Å². The van der Waals surface area contributed by atoms with E-state index in [-0.39, 0.29) is 18.8 Å². The Balaban J connectivity index is 2.64. The Hall–Kier alpha value is -2.00. The van der Waals surface area contributed by atoms with E-state index in [2.05, 4.69) is 15.4 Å². The summed E-state index contributed by atoms with van der Waals surface area (Å²) in [5.74, 6) is 1.55. The Morgan fingerprint density at radius 2 is 2.21 bits per heavy atom. The molecule has 0 spiro atoms. The molecule has 0 bridgehead atoms. The molecule has 0 heterocycles. The first-order valence-electron chi connectivity index (χ1n) is 5.69. The molecule has 0 saturated carbocycles. The van der Waals surface area contributed by atoms with Crippen molar-refractivity contribution in [1.82, 2.24) is 0 Å². The van der Waals surface area contributed by atoms with Crippen LogP contribution >= 0.6 is 0 Å². The number of carbonyl (C=O) groups is 1. The number of terminal acetylenes is 1. The number of benzene rings is 1. The van der Waals surface area contributed by atoms with Gasteiger partial charge in [0.15, 0.2) is 0 Å². The summed E-state index contributed by atoms with van der Waals surface area (Å²) in [7, 11) is -3.59. The number of hydrogen-bond acceptors (Lipinski definition) is 4. The third-order valence-electron chi connectivity index (χ3n) is 2.18. The Morgan fingerprint density at radius 3 is 2.84 bits per heavy atom. The van der Waals surface area contributed by atoms with Crippen LogP contribution in [0.1, 0.15) is 18.9 Å². The van der Waals surface area contributed by atoms with Gasteiger partial charge in [0.1, 0.15) is 0 Å². The second-order valence-corrected chi connectivity index (χ2v) is 5.54. The van der Waals surface area contributed by atoms with E-state index in [9.17, 15) is 13.2 Å². The molecule has 1 rings (SSSR count). The Labute approximate surface area is 113 Å². The van der Waals surface area contributed by atoms with Crippen LogP contribution in [0.3, 0.4) is 0 Å². The summed E-state index contributed by atoms with van der Waals surface area (Å²) in [4.78, 5) is 11.1. The molecule has 102 valence electrons. The number of hydrogen-bond donors (Lipinski definition) is 1. The van der Waals surface area contributed by atoms with Crippen molar-refractivity contribution >= 4 is 21.7 Å². The van der Waals surface area contributed by atoms with Crippen molar-refractivity contribution in [1.29, 1.82) is 0 Å². The molecule has 1 aromatic rings. The SMILES string of the molecule is C#Cc1cccc(NS(=O)(=O)CCC(=O)OCC)c1. The predicted octanol–water partition coefficient (Wildman–Crippen LogP) is 1.36. The molecule has 0 aliphatic carbocycles. The van der Waals surface area contributed by atoms with Crippen LogP contribution < -0.4 is 4.72 Å². The maximum Gasteiger partial charge on any atom is 0.306 e. The normalized spacial score (nSPS) is 10.5. The molecule has 1 aromatic carbocycles. The molecule has 0 fully saturated rings. The van der Waals surface area contributed by atoms with Crippen LogP contribution in [0.4, 0.5) is 5.69 Å². The second-order valence-electron chi connectivity index (χ2n) is 3.70. The van der Waals surface area contributed by atoms with Crippen molar-refractivity contribution < 1.29 is 17.9 Å². The van der Waals surface area contributed by atoms with E-state index in [1.165, 1.54) is 0 Å². The van der Waals surface area contributed by atoms with Crippen molar-refractivity contribution in [2.24, 2.45) is 0 Å². The summed E-state index contributed by atoms with van der Waals surface area (Å²) in [6.07, 6.45) is 5.04. The van der Waals surface area contributed by atoms with Crippen LogP contribution in [-0.4, -0.2) is 26.7 Å². The molecule has 5 nitrogen and oxygen atoms in total. The van der Waals surface area contributed by atoms with Gasteiger partial charge in [-0.25, -0.2) is 8.42 Å². The van der Waals surface area contributed by atoms with Crippen LogP contribution in [0.2, 0.25) is 0 Å². The van der Waals surface area contributed by atoms with Crippen LogP contribution in [0, 0.1) is 12.3 Å². The molecule has 0 unspecified atom stereocenters. The summed E-state index contributed by atoms with van der Waals surface area (Å²) in [6, 6.07) is 6.47. The molecule has 1 N–H and O–H groups in total. The van der Waals surface area contributed by atoms with Crippen molar-refractivity contribution in [3.05, 3.63) is 29.8 Å². The fraction of sp³-hybridized carbons (Fsp3) is 0.308. The summed E-state index contributed by atoms with van der Waals surface area (Å²) in [5, 5.41) is 0. The molecule has 0 radical (unpaired) electrons. The number of anilines is 1. The van der Waals surface area contributed by atoms with Crippen molar-refractivity contribution in [2.45, 2.75) is 13.3 Å². The average molecular weight is 281 g/mol. The lowest BCUT2D eigenvalue weighted by molar-refractivity contribution is -0.142. The molecule has 0 aromatic heterocycles. The lowest BCUT2D eigenvalue weighted by Crippen LogP contribution is -2.20. The highest BCUT2D eigenvalue weighted by Crippen LogP contribution is 2.12. The summed E-state index contributed by atoms with van der Waals surface area (Å²) >= 11 is 0. The minimum absolute atomic E-state index is 0.183. The fourth-order valence-electron chi connectivity index (χ4n) is 1.35.